The van der Waals surface area contributed by atoms with E-state index in [1.54, 1.807) is 0 Å². The van der Waals surface area contributed by atoms with Gasteiger partial charge in [0.15, 0.2) is 0 Å². The Bertz CT molecular complexity index is 1010. The molecule has 3 heterocycles. The summed E-state index contributed by atoms with van der Waals surface area (Å²) in [7, 11) is 0. The molecule has 5 nitrogen and oxygen atoms in total. The van der Waals surface area contributed by atoms with Crippen LogP contribution in [0.4, 0.5) is 14.5 Å². The number of carbonyl (C=O) groups is 2. The van der Waals surface area contributed by atoms with Gasteiger partial charge in [0.2, 0.25) is 11.8 Å². The van der Waals surface area contributed by atoms with Gasteiger partial charge in [-0.3, -0.25) is 14.5 Å². The molecule has 2 amide bonds. The van der Waals surface area contributed by atoms with Gasteiger partial charge in [0.1, 0.15) is 17.2 Å². The molecular formula is C22H21F2N3O2. The van der Waals surface area contributed by atoms with Crippen molar-refractivity contribution >= 4 is 17.5 Å². The number of anilines is 1. The molecule has 1 spiro atoms. The van der Waals surface area contributed by atoms with Crippen molar-refractivity contribution in [1.29, 1.82) is 0 Å². The van der Waals surface area contributed by atoms with E-state index in [0.29, 0.717) is 6.42 Å². The van der Waals surface area contributed by atoms with Gasteiger partial charge in [0.25, 0.3) is 0 Å². The smallest absolute Gasteiger partial charge is 0.250 e. The third-order valence-corrected chi connectivity index (χ3v) is 6.56. The minimum Gasteiger partial charge on any atom is -0.352 e. The molecule has 0 unspecified atom stereocenters. The number of fused-ring (bicyclic) bond motifs is 4. The Labute approximate surface area is 167 Å². The summed E-state index contributed by atoms with van der Waals surface area (Å²) in [6, 6.07) is 11.0. The zero-order valence-corrected chi connectivity index (χ0v) is 15.8. The van der Waals surface area contributed by atoms with Gasteiger partial charge >= 0.3 is 0 Å². The van der Waals surface area contributed by atoms with E-state index in [2.05, 4.69) is 15.5 Å². The summed E-state index contributed by atoms with van der Waals surface area (Å²) in [5.74, 6) is -2.38. The molecule has 0 saturated carbocycles. The van der Waals surface area contributed by atoms with Gasteiger partial charge in [0, 0.05) is 35.5 Å². The quantitative estimate of drug-likeness (QED) is 0.837. The van der Waals surface area contributed by atoms with E-state index in [-0.39, 0.29) is 30.0 Å². The molecule has 2 fully saturated rings. The highest BCUT2D eigenvalue weighted by atomic mass is 19.1. The number of halogens is 2. The summed E-state index contributed by atoms with van der Waals surface area (Å²) in [6.45, 7) is 0.717. The standard InChI is InChI=1S/C22H21F2N3O2/c23-14-8-7-13(18(24)10-14)12-25-20(28)17-11-15-4-3-9-27(15)22(17)16-5-1-2-6-19(16)26-21(22)29/h1-2,5-8,10,15,17H,3-4,9,11-12H2,(H,25,28)(H,26,29)/t15-,17-,22+/m1/s1. The molecular weight excluding hydrogens is 376 g/mol. The van der Waals surface area contributed by atoms with Crippen molar-refractivity contribution in [3.05, 3.63) is 65.2 Å². The fourth-order valence-electron chi connectivity index (χ4n) is 5.35. The molecule has 2 aromatic rings. The second-order valence-corrected chi connectivity index (χ2v) is 8.00. The van der Waals surface area contributed by atoms with Gasteiger partial charge in [-0.15, -0.1) is 0 Å². The molecule has 5 rings (SSSR count). The Morgan fingerprint density at radius 1 is 1.24 bits per heavy atom. The van der Waals surface area contributed by atoms with Crippen LogP contribution < -0.4 is 10.6 Å². The van der Waals surface area contributed by atoms with E-state index < -0.39 is 23.1 Å². The number of nitrogens with one attached hydrogen (secondary N) is 2. The molecule has 3 aliphatic rings. The molecule has 0 aliphatic carbocycles. The van der Waals surface area contributed by atoms with Crippen LogP contribution in [0.2, 0.25) is 0 Å². The summed E-state index contributed by atoms with van der Waals surface area (Å²) in [5, 5.41) is 5.74. The average molecular weight is 397 g/mol. The molecule has 2 saturated heterocycles. The molecule has 0 bridgehead atoms. The molecule has 150 valence electrons. The summed E-state index contributed by atoms with van der Waals surface area (Å²) in [5.41, 5.74) is 0.766. The fourth-order valence-corrected chi connectivity index (χ4v) is 5.35. The summed E-state index contributed by atoms with van der Waals surface area (Å²) in [6.07, 6.45) is 2.53. The van der Waals surface area contributed by atoms with Gasteiger partial charge in [-0.05, 0) is 37.9 Å². The van der Waals surface area contributed by atoms with Crippen molar-refractivity contribution < 1.29 is 18.4 Å². The highest BCUT2D eigenvalue weighted by Gasteiger charge is 2.65. The molecule has 2 aromatic carbocycles. The number of hydrogen-bond acceptors (Lipinski definition) is 3. The lowest BCUT2D eigenvalue weighted by atomic mass is 9.78. The minimum atomic E-state index is -1.02. The van der Waals surface area contributed by atoms with Gasteiger partial charge in [-0.1, -0.05) is 24.3 Å². The number of rotatable bonds is 3. The molecule has 0 radical (unpaired) electrons. The first-order valence-electron chi connectivity index (χ1n) is 9.91. The Morgan fingerprint density at radius 2 is 2.07 bits per heavy atom. The van der Waals surface area contributed by atoms with E-state index >= 15 is 0 Å². The van der Waals surface area contributed by atoms with Crippen molar-refractivity contribution in [2.75, 3.05) is 11.9 Å². The Hall–Kier alpha value is -2.80. The van der Waals surface area contributed by atoms with Crippen LogP contribution >= 0.6 is 0 Å². The van der Waals surface area contributed by atoms with Crippen LogP contribution in [-0.2, 0) is 21.7 Å². The Morgan fingerprint density at radius 3 is 2.90 bits per heavy atom. The van der Waals surface area contributed by atoms with Gasteiger partial charge in [0.05, 0.1) is 5.92 Å². The molecule has 2 N–H and O–H groups in total. The van der Waals surface area contributed by atoms with Gasteiger partial charge in [-0.25, -0.2) is 8.78 Å². The van der Waals surface area contributed by atoms with Crippen molar-refractivity contribution in [3.8, 4) is 0 Å². The van der Waals surface area contributed by atoms with Crippen LogP contribution in [-0.4, -0.2) is 29.3 Å². The SMILES string of the molecule is O=C(NCc1ccc(F)cc1F)[C@H]1C[C@H]2CCCN2[C@]12C(=O)Nc1ccccc12. The number of carbonyl (C=O) groups excluding carboxylic acids is 2. The lowest BCUT2D eigenvalue weighted by molar-refractivity contribution is -0.137. The van der Waals surface area contributed by atoms with E-state index in [4.69, 9.17) is 0 Å². The maximum absolute atomic E-state index is 14.0. The molecule has 0 aromatic heterocycles. The predicted octanol–water partition coefficient (Wildman–Crippen LogP) is 2.91. The number of nitrogens with zero attached hydrogens (tertiary/aromatic N) is 1. The normalized spacial score (nSPS) is 27.7. The molecule has 3 aliphatic heterocycles. The van der Waals surface area contributed by atoms with E-state index in [1.165, 1.54) is 12.1 Å². The first-order chi connectivity index (χ1) is 14.0. The lowest BCUT2D eigenvalue weighted by Gasteiger charge is -2.36. The monoisotopic (exact) mass is 397 g/mol. The van der Waals surface area contributed by atoms with Crippen LogP contribution in [0.1, 0.15) is 30.4 Å². The fraction of sp³-hybridized carbons (Fsp3) is 0.364. The average Bonchev–Trinajstić information content (AvgIpc) is 3.35. The number of amides is 2. The van der Waals surface area contributed by atoms with Gasteiger partial charge in [-0.2, -0.15) is 0 Å². The van der Waals surface area contributed by atoms with Crippen molar-refractivity contribution in [2.24, 2.45) is 5.92 Å². The van der Waals surface area contributed by atoms with Crippen LogP contribution in [0.15, 0.2) is 42.5 Å². The first kappa shape index (κ1) is 18.2. The third kappa shape index (κ3) is 2.60. The van der Waals surface area contributed by atoms with Crippen LogP contribution in [0.25, 0.3) is 0 Å². The van der Waals surface area contributed by atoms with Crippen LogP contribution in [0.5, 0.6) is 0 Å². The van der Waals surface area contributed by atoms with E-state index in [0.717, 1.165) is 36.7 Å². The van der Waals surface area contributed by atoms with E-state index in [9.17, 15) is 18.4 Å². The van der Waals surface area contributed by atoms with Crippen LogP contribution in [0.3, 0.4) is 0 Å². The van der Waals surface area contributed by atoms with Crippen molar-refractivity contribution in [3.63, 3.8) is 0 Å². The van der Waals surface area contributed by atoms with Crippen molar-refractivity contribution in [1.82, 2.24) is 10.2 Å². The topological polar surface area (TPSA) is 61.4 Å². The number of para-hydroxylation sites is 1. The van der Waals surface area contributed by atoms with E-state index in [1.807, 2.05) is 24.3 Å². The lowest BCUT2D eigenvalue weighted by Crippen LogP contribution is -2.54. The zero-order chi connectivity index (χ0) is 20.2. The van der Waals surface area contributed by atoms with Crippen molar-refractivity contribution in [2.45, 2.75) is 37.4 Å². The minimum absolute atomic E-state index is 0.0501. The molecule has 7 heteroatoms. The largest absolute Gasteiger partial charge is 0.352 e. The molecule has 3 atom stereocenters. The van der Waals surface area contributed by atoms with Gasteiger partial charge < -0.3 is 10.6 Å². The second kappa shape index (κ2) is 6.62. The second-order valence-electron chi connectivity index (χ2n) is 8.00. The highest BCUT2D eigenvalue weighted by Crippen LogP contribution is 2.55. The zero-order valence-electron chi connectivity index (χ0n) is 15.8. The third-order valence-electron chi connectivity index (χ3n) is 6.56. The first-order valence-corrected chi connectivity index (χ1v) is 9.91. The van der Waals surface area contributed by atoms with Crippen LogP contribution in [0, 0.1) is 17.6 Å². The Balaban J connectivity index is 1.47. The maximum Gasteiger partial charge on any atom is 0.250 e. The Kier molecular flexibility index (Phi) is 4.17. The summed E-state index contributed by atoms with van der Waals surface area (Å²) in [4.78, 5) is 28.7. The maximum atomic E-state index is 14.0. The highest BCUT2D eigenvalue weighted by molar-refractivity contribution is 6.09. The molecule has 29 heavy (non-hydrogen) atoms. The number of hydrogen-bond donors (Lipinski definition) is 2. The predicted molar refractivity (Wildman–Crippen MR) is 103 cm³/mol. The number of benzene rings is 2. The summed E-state index contributed by atoms with van der Waals surface area (Å²) < 4.78 is 27.1. The summed E-state index contributed by atoms with van der Waals surface area (Å²) >= 11 is 0.